The van der Waals surface area contributed by atoms with Crippen LogP contribution < -0.4 is 5.73 Å². The van der Waals surface area contributed by atoms with Gasteiger partial charge < -0.3 is 5.73 Å². The van der Waals surface area contributed by atoms with Crippen LogP contribution in [0.15, 0.2) is 42.5 Å². The molecular formula is C16H16N2S. The largest absolute Gasteiger partial charge is 0.330 e. The van der Waals surface area contributed by atoms with Crippen molar-refractivity contribution in [2.75, 3.05) is 6.54 Å². The fraction of sp³-hybridized carbons (Fsp3) is 0.188. The monoisotopic (exact) mass is 268 g/mol. The maximum atomic E-state index is 5.61. The van der Waals surface area contributed by atoms with Crippen molar-refractivity contribution in [3.63, 3.8) is 0 Å². The Labute approximate surface area is 116 Å². The highest BCUT2D eigenvalue weighted by Gasteiger charge is 2.06. The Morgan fingerprint density at radius 3 is 2.89 bits per heavy atom. The molecule has 3 rings (SSSR count). The van der Waals surface area contributed by atoms with Crippen molar-refractivity contribution in [1.29, 1.82) is 0 Å². The van der Waals surface area contributed by atoms with Gasteiger partial charge in [-0.05, 0) is 49.2 Å². The Hall–Kier alpha value is -1.71. The molecule has 0 atom stereocenters. The molecular weight excluding hydrogens is 252 g/mol. The normalized spacial score (nSPS) is 11.1. The minimum atomic E-state index is 0.683. The van der Waals surface area contributed by atoms with E-state index >= 15 is 0 Å². The average molecular weight is 268 g/mol. The van der Waals surface area contributed by atoms with Crippen LogP contribution in [0.25, 0.3) is 20.8 Å². The molecule has 0 fully saturated rings. The molecule has 0 amide bonds. The summed E-state index contributed by atoms with van der Waals surface area (Å²) >= 11 is 1.74. The number of nitrogens with zero attached hydrogens (tertiary/aromatic N) is 1. The second kappa shape index (κ2) is 5.11. The second-order valence-electron chi connectivity index (χ2n) is 4.73. The molecule has 0 saturated heterocycles. The number of aryl methyl sites for hydroxylation is 1. The van der Waals surface area contributed by atoms with Gasteiger partial charge in [0.25, 0.3) is 0 Å². The van der Waals surface area contributed by atoms with Crippen molar-refractivity contribution in [2.45, 2.75) is 13.3 Å². The standard InChI is InChI=1S/C16H16N2S/c1-11-5-6-15-14(9-11)18-16(19-15)13-4-2-3-12(10-13)7-8-17/h2-6,9-10H,7-8,17H2,1H3. The van der Waals surface area contributed by atoms with Gasteiger partial charge in [-0.25, -0.2) is 4.98 Å². The van der Waals surface area contributed by atoms with E-state index < -0.39 is 0 Å². The molecule has 3 aromatic rings. The Bertz CT molecular complexity index is 716. The molecule has 3 heteroatoms. The molecule has 1 aromatic heterocycles. The van der Waals surface area contributed by atoms with Crippen LogP contribution in [-0.2, 0) is 6.42 Å². The number of hydrogen-bond acceptors (Lipinski definition) is 3. The van der Waals surface area contributed by atoms with Crippen LogP contribution >= 0.6 is 11.3 Å². The van der Waals surface area contributed by atoms with E-state index in [9.17, 15) is 0 Å². The molecule has 0 aliphatic rings. The van der Waals surface area contributed by atoms with E-state index in [0.29, 0.717) is 6.54 Å². The van der Waals surface area contributed by atoms with Crippen LogP contribution in [0, 0.1) is 6.92 Å². The maximum absolute atomic E-state index is 5.61. The average Bonchev–Trinajstić information content (AvgIpc) is 2.82. The van der Waals surface area contributed by atoms with Gasteiger partial charge in [0.1, 0.15) is 5.01 Å². The fourth-order valence-corrected chi connectivity index (χ4v) is 3.13. The molecule has 2 nitrogen and oxygen atoms in total. The first kappa shape index (κ1) is 12.3. The van der Waals surface area contributed by atoms with Crippen LogP contribution in [0.1, 0.15) is 11.1 Å². The zero-order chi connectivity index (χ0) is 13.2. The van der Waals surface area contributed by atoms with Crippen molar-refractivity contribution in [3.05, 3.63) is 53.6 Å². The number of benzene rings is 2. The summed E-state index contributed by atoms with van der Waals surface area (Å²) in [5.74, 6) is 0. The third-order valence-corrected chi connectivity index (χ3v) is 4.24. The molecule has 1 heterocycles. The van der Waals surface area contributed by atoms with E-state index in [1.165, 1.54) is 21.4 Å². The lowest BCUT2D eigenvalue weighted by molar-refractivity contribution is 0.969. The first-order valence-electron chi connectivity index (χ1n) is 6.43. The van der Waals surface area contributed by atoms with Gasteiger partial charge in [-0.15, -0.1) is 11.3 Å². The minimum absolute atomic E-state index is 0.683. The van der Waals surface area contributed by atoms with Crippen LogP contribution in [0.5, 0.6) is 0 Å². The summed E-state index contributed by atoms with van der Waals surface area (Å²) in [7, 11) is 0. The van der Waals surface area contributed by atoms with Crippen molar-refractivity contribution < 1.29 is 0 Å². The number of thiazole rings is 1. The lowest BCUT2D eigenvalue weighted by atomic mass is 10.1. The summed E-state index contributed by atoms with van der Waals surface area (Å²) in [6, 6.07) is 14.9. The highest BCUT2D eigenvalue weighted by Crippen LogP contribution is 2.30. The smallest absolute Gasteiger partial charge is 0.124 e. The molecule has 0 aliphatic heterocycles. The van der Waals surface area contributed by atoms with E-state index in [4.69, 9.17) is 10.7 Å². The fourth-order valence-electron chi connectivity index (χ4n) is 2.19. The van der Waals surface area contributed by atoms with Crippen LogP contribution in [-0.4, -0.2) is 11.5 Å². The summed E-state index contributed by atoms with van der Waals surface area (Å²) in [4.78, 5) is 4.73. The van der Waals surface area contributed by atoms with Crippen LogP contribution in [0.4, 0.5) is 0 Å². The van der Waals surface area contributed by atoms with Crippen molar-refractivity contribution in [1.82, 2.24) is 4.98 Å². The van der Waals surface area contributed by atoms with Crippen LogP contribution in [0.2, 0.25) is 0 Å². The van der Waals surface area contributed by atoms with Gasteiger partial charge in [-0.3, -0.25) is 0 Å². The first-order valence-corrected chi connectivity index (χ1v) is 7.24. The topological polar surface area (TPSA) is 38.9 Å². The lowest BCUT2D eigenvalue weighted by Crippen LogP contribution is -2.02. The number of nitrogens with two attached hydrogens (primary N) is 1. The number of hydrogen-bond donors (Lipinski definition) is 1. The van der Waals surface area contributed by atoms with E-state index in [-0.39, 0.29) is 0 Å². The van der Waals surface area contributed by atoms with Crippen molar-refractivity contribution in [3.8, 4) is 10.6 Å². The van der Waals surface area contributed by atoms with Gasteiger partial charge in [-0.2, -0.15) is 0 Å². The molecule has 0 saturated carbocycles. The third kappa shape index (κ3) is 2.53. The quantitative estimate of drug-likeness (QED) is 0.785. The highest BCUT2D eigenvalue weighted by molar-refractivity contribution is 7.21. The molecule has 19 heavy (non-hydrogen) atoms. The zero-order valence-electron chi connectivity index (χ0n) is 10.9. The van der Waals surface area contributed by atoms with Crippen molar-refractivity contribution in [2.24, 2.45) is 5.73 Å². The Balaban J connectivity index is 2.05. The molecule has 0 bridgehead atoms. The van der Waals surface area contributed by atoms with E-state index in [0.717, 1.165) is 16.9 Å². The number of rotatable bonds is 3. The maximum Gasteiger partial charge on any atom is 0.124 e. The summed E-state index contributed by atoms with van der Waals surface area (Å²) in [6.07, 6.45) is 0.915. The lowest BCUT2D eigenvalue weighted by Gasteiger charge is -2.01. The molecule has 2 aromatic carbocycles. The molecule has 0 spiro atoms. The van der Waals surface area contributed by atoms with E-state index in [1.54, 1.807) is 11.3 Å². The molecule has 0 radical (unpaired) electrons. The van der Waals surface area contributed by atoms with Gasteiger partial charge in [0, 0.05) is 5.56 Å². The third-order valence-electron chi connectivity index (χ3n) is 3.15. The van der Waals surface area contributed by atoms with Crippen molar-refractivity contribution >= 4 is 21.6 Å². The molecule has 0 unspecified atom stereocenters. The Morgan fingerprint density at radius 1 is 1.16 bits per heavy atom. The summed E-state index contributed by atoms with van der Waals surface area (Å²) < 4.78 is 1.24. The van der Waals surface area contributed by atoms with Crippen LogP contribution in [0.3, 0.4) is 0 Å². The van der Waals surface area contributed by atoms with Gasteiger partial charge in [0.05, 0.1) is 10.2 Å². The second-order valence-corrected chi connectivity index (χ2v) is 5.76. The molecule has 96 valence electrons. The van der Waals surface area contributed by atoms with E-state index in [2.05, 4.69) is 49.4 Å². The van der Waals surface area contributed by atoms with Gasteiger partial charge in [0.2, 0.25) is 0 Å². The van der Waals surface area contributed by atoms with E-state index in [1.807, 2.05) is 0 Å². The predicted molar refractivity (Wildman–Crippen MR) is 82.6 cm³/mol. The minimum Gasteiger partial charge on any atom is -0.330 e. The predicted octanol–water partition coefficient (Wildman–Crippen LogP) is 3.77. The first-order chi connectivity index (χ1) is 9.26. The summed E-state index contributed by atoms with van der Waals surface area (Å²) in [5, 5.41) is 1.08. The Morgan fingerprint density at radius 2 is 2.05 bits per heavy atom. The number of aromatic nitrogens is 1. The summed E-state index contributed by atoms with van der Waals surface area (Å²) in [5.41, 5.74) is 10.4. The van der Waals surface area contributed by atoms with Gasteiger partial charge >= 0.3 is 0 Å². The summed E-state index contributed by atoms with van der Waals surface area (Å²) in [6.45, 7) is 2.78. The Kier molecular flexibility index (Phi) is 3.32. The van der Waals surface area contributed by atoms with Gasteiger partial charge in [-0.1, -0.05) is 24.3 Å². The molecule has 0 aliphatic carbocycles. The number of fused-ring (bicyclic) bond motifs is 1. The highest BCUT2D eigenvalue weighted by atomic mass is 32.1. The van der Waals surface area contributed by atoms with Gasteiger partial charge in [0.15, 0.2) is 0 Å². The molecule has 2 N–H and O–H groups in total. The zero-order valence-corrected chi connectivity index (χ0v) is 11.7. The SMILES string of the molecule is Cc1ccc2sc(-c3cccc(CCN)c3)nc2c1.